The van der Waals surface area contributed by atoms with E-state index in [-0.39, 0.29) is 0 Å². The van der Waals surface area contributed by atoms with Gasteiger partial charge in [-0.25, -0.2) is 13.1 Å². The van der Waals surface area contributed by atoms with Crippen LogP contribution >= 0.6 is 0 Å². The summed E-state index contributed by atoms with van der Waals surface area (Å²) >= 11 is 0. The molecule has 0 radical (unpaired) electrons. The van der Waals surface area contributed by atoms with Crippen molar-refractivity contribution in [1.29, 1.82) is 0 Å². The molecule has 0 fully saturated rings. The molecule has 0 unspecified atom stereocenters. The maximum Gasteiger partial charge on any atom is 0.390 e. The number of rotatable bonds is 6. The fraction of sp³-hybridized carbons (Fsp3) is 0.875. The molecule has 9 heteroatoms. The number of carboxylic acid groups (broad SMARTS) is 1. The van der Waals surface area contributed by atoms with Crippen molar-refractivity contribution in [3.63, 3.8) is 0 Å². The second-order valence-corrected chi connectivity index (χ2v) is 5.74. The summed E-state index contributed by atoms with van der Waals surface area (Å²) < 4.78 is 59.7. The molecule has 102 valence electrons. The van der Waals surface area contributed by atoms with Crippen LogP contribution in [0.3, 0.4) is 0 Å². The number of carbonyl (C=O) groups is 1. The number of carboxylic acids is 1. The Morgan fingerprint density at radius 2 is 1.82 bits per heavy atom. The van der Waals surface area contributed by atoms with E-state index in [1.54, 1.807) is 4.72 Å². The molecule has 0 aliphatic rings. The van der Waals surface area contributed by atoms with Crippen LogP contribution in [-0.2, 0) is 14.8 Å². The Morgan fingerprint density at radius 1 is 1.35 bits per heavy atom. The van der Waals surface area contributed by atoms with E-state index in [0.29, 0.717) is 0 Å². The summed E-state index contributed by atoms with van der Waals surface area (Å²) in [6, 6.07) is -1.42. The van der Waals surface area contributed by atoms with Crippen molar-refractivity contribution < 1.29 is 31.5 Å². The molecule has 0 aromatic rings. The van der Waals surface area contributed by atoms with E-state index >= 15 is 0 Å². The fourth-order valence-electron chi connectivity index (χ4n) is 0.974. The molecule has 1 atom stereocenters. The summed E-state index contributed by atoms with van der Waals surface area (Å²) in [7, 11) is -4.25. The summed E-state index contributed by atoms with van der Waals surface area (Å²) in [5.74, 6) is -3.16. The van der Waals surface area contributed by atoms with Crippen molar-refractivity contribution in [2.45, 2.75) is 32.5 Å². The van der Waals surface area contributed by atoms with Crippen molar-refractivity contribution in [1.82, 2.24) is 4.72 Å². The highest BCUT2D eigenvalue weighted by atomic mass is 32.2. The zero-order valence-electron chi connectivity index (χ0n) is 9.28. The number of halogens is 3. The van der Waals surface area contributed by atoms with Crippen LogP contribution in [0.15, 0.2) is 0 Å². The lowest BCUT2D eigenvalue weighted by molar-refractivity contribution is -0.140. The third-order valence-electron chi connectivity index (χ3n) is 1.89. The van der Waals surface area contributed by atoms with Crippen LogP contribution < -0.4 is 4.72 Å². The minimum Gasteiger partial charge on any atom is -0.480 e. The Morgan fingerprint density at radius 3 is 2.12 bits per heavy atom. The van der Waals surface area contributed by atoms with Gasteiger partial charge in [-0.1, -0.05) is 13.8 Å². The maximum atomic E-state index is 11.8. The number of aliphatic carboxylic acids is 1. The van der Waals surface area contributed by atoms with Gasteiger partial charge in [0.1, 0.15) is 6.04 Å². The highest BCUT2D eigenvalue weighted by molar-refractivity contribution is 7.89. The highest BCUT2D eigenvalue weighted by Gasteiger charge is 2.32. The third kappa shape index (κ3) is 7.16. The SMILES string of the molecule is CC(C)[C@H](NS(=O)(=O)CCC(F)(F)F)C(=O)O. The van der Waals surface area contributed by atoms with Crippen LogP contribution in [0, 0.1) is 5.92 Å². The zero-order valence-corrected chi connectivity index (χ0v) is 10.1. The Labute approximate surface area is 97.1 Å². The molecule has 17 heavy (non-hydrogen) atoms. The quantitative estimate of drug-likeness (QED) is 0.757. The summed E-state index contributed by atoms with van der Waals surface area (Å²) in [5, 5.41) is 8.69. The first-order valence-corrected chi connectivity index (χ1v) is 6.39. The Balaban J connectivity index is 4.58. The average molecular weight is 277 g/mol. The Bertz CT molecular complexity index is 363. The van der Waals surface area contributed by atoms with Gasteiger partial charge in [-0.05, 0) is 5.92 Å². The number of hydrogen-bond acceptors (Lipinski definition) is 3. The molecule has 0 spiro atoms. The summed E-state index contributed by atoms with van der Waals surface area (Å²) in [4.78, 5) is 10.7. The number of alkyl halides is 3. The van der Waals surface area contributed by atoms with Gasteiger partial charge in [0.05, 0.1) is 12.2 Å². The van der Waals surface area contributed by atoms with E-state index in [9.17, 15) is 26.4 Å². The average Bonchev–Trinajstić information content (AvgIpc) is 2.09. The monoisotopic (exact) mass is 277 g/mol. The summed E-state index contributed by atoms with van der Waals surface area (Å²) in [5.41, 5.74) is 0. The minimum atomic E-state index is -4.59. The van der Waals surface area contributed by atoms with Crippen LogP contribution in [0.1, 0.15) is 20.3 Å². The fourth-order valence-corrected chi connectivity index (χ4v) is 2.35. The number of sulfonamides is 1. The van der Waals surface area contributed by atoms with Gasteiger partial charge >= 0.3 is 12.1 Å². The van der Waals surface area contributed by atoms with Crippen molar-refractivity contribution in [2.24, 2.45) is 5.92 Å². The molecule has 0 amide bonds. The minimum absolute atomic E-state index is 0.562. The number of nitrogens with one attached hydrogen (secondary N) is 1. The van der Waals surface area contributed by atoms with Crippen LogP contribution in [0.5, 0.6) is 0 Å². The zero-order chi connectivity index (χ0) is 13.9. The number of hydrogen-bond donors (Lipinski definition) is 2. The molecule has 0 aliphatic heterocycles. The van der Waals surface area contributed by atoms with Crippen molar-refractivity contribution in [3.8, 4) is 0 Å². The van der Waals surface area contributed by atoms with E-state index in [2.05, 4.69) is 0 Å². The van der Waals surface area contributed by atoms with Gasteiger partial charge in [-0.15, -0.1) is 0 Å². The molecule has 0 bridgehead atoms. The first-order valence-electron chi connectivity index (χ1n) is 4.74. The van der Waals surface area contributed by atoms with Crippen molar-refractivity contribution >= 4 is 16.0 Å². The summed E-state index contributed by atoms with van der Waals surface area (Å²) in [6.07, 6.45) is -6.10. The third-order valence-corrected chi connectivity index (χ3v) is 3.25. The lowest BCUT2D eigenvalue weighted by Gasteiger charge is -2.18. The topological polar surface area (TPSA) is 83.5 Å². The standard InChI is InChI=1S/C8H14F3NO4S/c1-5(2)6(7(13)14)12-17(15,16)4-3-8(9,10)11/h5-6,12H,3-4H2,1-2H3,(H,13,14)/t6-/m0/s1. The van der Waals surface area contributed by atoms with E-state index in [4.69, 9.17) is 5.11 Å². The molecule has 0 heterocycles. The lowest BCUT2D eigenvalue weighted by Crippen LogP contribution is -2.45. The Hall–Kier alpha value is -0.830. The smallest absolute Gasteiger partial charge is 0.390 e. The molecule has 0 saturated carbocycles. The lowest BCUT2D eigenvalue weighted by atomic mass is 10.1. The van der Waals surface area contributed by atoms with E-state index in [1.165, 1.54) is 13.8 Å². The van der Waals surface area contributed by atoms with Gasteiger partial charge < -0.3 is 5.11 Å². The van der Waals surface area contributed by atoms with Crippen LogP contribution in [0.2, 0.25) is 0 Å². The van der Waals surface area contributed by atoms with Crippen molar-refractivity contribution in [3.05, 3.63) is 0 Å². The molecular weight excluding hydrogens is 263 g/mol. The molecule has 0 aliphatic carbocycles. The van der Waals surface area contributed by atoms with Gasteiger partial charge in [-0.3, -0.25) is 4.79 Å². The van der Waals surface area contributed by atoms with Gasteiger partial charge in [0.2, 0.25) is 10.0 Å². The van der Waals surface area contributed by atoms with Gasteiger partial charge in [0.15, 0.2) is 0 Å². The second kappa shape index (κ2) is 5.67. The Kier molecular flexibility index (Phi) is 5.40. The molecule has 5 nitrogen and oxygen atoms in total. The predicted molar refractivity (Wildman–Crippen MR) is 53.9 cm³/mol. The van der Waals surface area contributed by atoms with Crippen molar-refractivity contribution in [2.75, 3.05) is 5.75 Å². The van der Waals surface area contributed by atoms with Crippen LogP contribution in [0.25, 0.3) is 0 Å². The molecule has 0 saturated heterocycles. The van der Waals surface area contributed by atoms with Gasteiger partial charge in [-0.2, -0.15) is 13.2 Å². The first kappa shape index (κ1) is 16.2. The largest absolute Gasteiger partial charge is 0.480 e. The normalized spacial score (nSPS) is 14.9. The molecule has 0 aromatic heterocycles. The summed E-state index contributed by atoms with van der Waals surface area (Å²) in [6.45, 7) is 2.90. The van der Waals surface area contributed by atoms with Crippen LogP contribution in [0.4, 0.5) is 13.2 Å². The second-order valence-electron chi connectivity index (χ2n) is 3.86. The van der Waals surface area contributed by atoms with Gasteiger partial charge in [0, 0.05) is 0 Å². The predicted octanol–water partition coefficient (Wildman–Crippen LogP) is 0.967. The molecule has 2 N–H and O–H groups in total. The molecule has 0 aromatic carbocycles. The van der Waals surface area contributed by atoms with E-state index in [1.807, 2.05) is 0 Å². The first-order chi connectivity index (χ1) is 7.44. The van der Waals surface area contributed by atoms with E-state index < -0.39 is 46.3 Å². The van der Waals surface area contributed by atoms with E-state index in [0.717, 1.165) is 0 Å². The maximum absolute atomic E-state index is 11.8. The molecular formula is C8H14F3NO4S. The van der Waals surface area contributed by atoms with Crippen LogP contribution in [-0.4, -0.2) is 37.5 Å². The van der Waals surface area contributed by atoms with Gasteiger partial charge in [0.25, 0.3) is 0 Å². The molecule has 0 rings (SSSR count). The highest BCUT2D eigenvalue weighted by Crippen LogP contribution is 2.20.